The van der Waals surface area contributed by atoms with Crippen LogP contribution in [0.2, 0.25) is 0 Å². The molecule has 0 N–H and O–H groups in total. The number of rotatable bonds is 0. The molecule has 2 aromatic rings. The van der Waals surface area contributed by atoms with Crippen LogP contribution in [0.3, 0.4) is 0 Å². The molecule has 0 radical (unpaired) electrons. The molecular formula is C12H8ClFO. The first-order valence-electron chi connectivity index (χ1n) is 4.82. The van der Waals surface area contributed by atoms with E-state index in [-0.39, 0.29) is 5.82 Å². The molecule has 1 aromatic carbocycles. The molecule has 0 aliphatic heterocycles. The van der Waals surface area contributed by atoms with Crippen molar-refractivity contribution in [2.45, 2.75) is 12.8 Å². The van der Waals surface area contributed by atoms with Crippen molar-refractivity contribution in [2.75, 3.05) is 0 Å². The van der Waals surface area contributed by atoms with E-state index in [0.29, 0.717) is 10.6 Å². The number of furan rings is 1. The van der Waals surface area contributed by atoms with E-state index in [4.69, 9.17) is 16.0 Å². The SMILES string of the molecule is Fc1ccc2c3c(oc2c1)CCC=C3Cl. The van der Waals surface area contributed by atoms with Gasteiger partial charge in [0.1, 0.15) is 17.2 Å². The first-order valence-corrected chi connectivity index (χ1v) is 5.20. The van der Waals surface area contributed by atoms with Crippen molar-refractivity contribution in [3.63, 3.8) is 0 Å². The predicted molar refractivity (Wildman–Crippen MR) is 58.3 cm³/mol. The van der Waals surface area contributed by atoms with Crippen LogP contribution >= 0.6 is 11.6 Å². The maximum absolute atomic E-state index is 13.0. The molecule has 0 unspecified atom stereocenters. The van der Waals surface area contributed by atoms with Gasteiger partial charge in [-0.3, -0.25) is 0 Å². The minimum atomic E-state index is -0.284. The third kappa shape index (κ3) is 1.29. The number of fused-ring (bicyclic) bond motifs is 3. The van der Waals surface area contributed by atoms with E-state index in [9.17, 15) is 4.39 Å². The molecular weight excluding hydrogens is 215 g/mol. The van der Waals surface area contributed by atoms with Crippen molar-refractivity contribution in [1.82, 2.24) is 0 Å². The minimum Gasteiger partial charge on any atom is -0.460 e. The molecule has 15 heavy (non-hydrogen) atoms. The zero-order valence-electron chi connectivity index (χ0n) is 7.89. The first kappa shape index (κ1) is 8.98. The van der Waals surface area contributed by atoms with Gasteiger partial charge in [0.2, 0.25) is 0 Å². The molecule has 1 heterocycles. The van der Waals surface area contributed by atoms with Crippen LogP contribution in [0.1, 0.15) is 17.7 Å². The van der Waals surface area contributed by atoms with Crippen LogP contribution in [-0.4, -0.2) is 0 Å². The molecule has 0 spiro atoms. The molecule has 0 bridgehead atoms. The van der Waals surface area contributed by atoms with Crippen LogP contribution in [0.15, 0.2) is 28.7 Å². The Morgan fingerprint density at radius 2 is 2.20 bits per heavy atom. The van der Waals surface area contributed by atoms with Crippen LogP contribution in [-0.2, 0) is 6.42 Å². The standard InChI is InChI=1S/C12H8ClFO/c13-9-2-1-3-10-12(9)8-5-4-7(14)6-11(8)15-10/h2,4-6H,1,3H2. The number of benzene rings is 1. The molecule has 0 fully saturated rings. The van der Waals surface area contributed by atoms with Gasteiger partial charge in [-0.25, -0.2) is 4.39 Å². The second-order valence-corrected chi connectivity index (χ2v) is 4.04. The van der Waals surface area contributed by atoms with Crippen LogP contribution in [0, 0.1) is 5.82 Å². The summed E-state index contributed by atoms with van der Waals surface area (Å²) >= 11 is 6.11. The van der Waals surface area contributed by atoms with E-state index < -0.39 is 0 Å². The van der Waals surface area contributed by atoms with Gasteiger partial charge in [0.05, 0.1) is 0 Å². The van der Waals surface area contributed by atoms with Crippen molar-refractivity contribution in [3.8, 4) is 0 Å². The molecule has 1 aromatic heterocycles. The van der Waals surface area contributed by atoms with Gasteiger partial charge in [-0.15, -0.1) is 0 Å². The monoisotopic (exact) mass is 222 g/mol. The molecule has 3 heteroatoms. The summed E-state index contributed by atoms with van der Waals surface area (Å²) in [6.45, 7) is 0. The minimum absolute atomic E-state index is 0.284. The Morgan fingerprint density at radius 3 is 3.07 bits per heavy atom. The fourth-order valence-electron chi connectivity index (χ4n) is 1.99. The summed E-state index contributed by atoms with van der Waals surface area (Å²) in [6, 6.07) is 4.54. The predicted octanol–water partition coefficient (Wildman–Crippen LogP) is 4.10. The molecule has 0 atom stereocenters. The van der Waals surface area contributed by atoms with E-state index in [2.05, 4.69) is 0 Å². The second kappa shape index (κ2) is 3.11. The third-order valence-corrected chi connectivity index (χ3v) is 3.00. The lowest BCUT2D eigenvalue weighted by Crippen LogP contribution is -1.91. The van der Waals surface area contributed by atoms with E-state index in [0.717, 1.165) is 29.6 Å². The number of aryl methyl sites for hydroxylation is 1. The zero-order chi connectivity index (χ0) is 10.4. The van der Waals surface area contributed by atoms with E-state index >= 15 is 0 Å². The van der Waals surface area contributed by atoms with Gasteiger partial charge in [-0.05, 0) is 18.6 Å². The van der Waals surface area contributed by atoms with Crippen molar-refractivity contribution < 1.29 is 8.81 Å². The maximum atomic E-state index is 13.0. The van der Waals surface area contributed by atoms with Crippen LogP contribution < -0.4 is 0 Å². The van der Waals surface area contributed by atoms with Gasteiger partial charge in [0, 0.05) is 28.5 Å². The van der Waals surface area contributed by atoms with E-state index in [1.165, 1.54) is 12.1 Å². The summed E-state index contributed by atoms with van der Waals surface area (Å²) < 4.78 is 18.6. The highest BCUT2D eigenvalue weighted by molar-refractivity contribution is 6.50. The normalized spacial score (nSPS) is 15.2. The Balaban J connectivity index is 2.38. The summed E-state index contributed by atoms with van der Waals surface area (Å²) in [5, 5.41) is 1.61. The highest BCUT2D eigenvalue weighted by Crippen LogP contribution is 2.37. The molecule has 3 rings (SSSR count). The lowest BCUT2D eigenvalue weighted by molar-refractivity contribution is 0.542. The Kier molecular flexibility index (Phi) is 1.86. The molecule has 1 aliphatic rings. The maximum Gasteiger partial charge on any atom is 0.137 e. The zero-order valence-corrected chi connectivity index (χ0v) is 8.64. The second-order valence-electron chi connectivity index (χ2n) is 3.63. The number of halogens is 2. The lowest BCUT2D eigenvalue weighted by atomic mass is 10.0. The van der Waals surface area contributed by atoms with E-state index in [1.54, 1.807) is 6.07 Å². The number of hydrogen-bond donors (Lipinski definition) is 0. The topological polar surface area (TPSA) is 13.1 Å². The lowest BCUT2D eigenvalue weighted by Gasteiger charge is -2.06. The molecule has 76 valence electrons. The first-order chi connectivity index (χ1) is 7.25. The fraction of sp³-hybridized carbons (Fsp3) is 0.167. The fourth-order valence-corrected chi connectivity index (χ4v) is 2.31. The number of allylic oxidation sites excluding steroid dienone is 1. The van der Waals surface area contributed by atoms with Gasteiger partial charge >= 0.3 is 0 Å². The average molecular weight is 223 g/mol. The van der Waals surface area contributed by atoms with Gasteiger partial charge in [0.25, 0.3) is 0 Å². The molecule has 0 saturated heterocycles. The Hall–Kier alpha value is -1.28. The van der Waals surface area contributed by atoms with Crippen LogP contribution in [0.5, 0.6) is 0 Å². The summed E-state index contributed by atoms with van der Waals surface area (Å²) in [4.78, 5) is 0. The Morgan fingerprint density at radius 1 is 1.33 bits per heavy atom. The van der Waals surface area contributed by atoms with Crippen molar-refractivity contribution >= 4 is 27.6 Å². The molecule has 0 amide bonds. The third-order valence-electron chi connectivity index (χ3n) is 2.66. The Bertz CT molecular complexity index is 568. The Labute approximate surface area is 91.1 Å². The number of hydrogen-bond acceptors (Lipinski definition) is 1. The summed E-state index contributed by atoms with van der Waals surface area (Å²) in [6.07, 6.45) is 3.69. The largest absolute Gasteiger partial charge is 0.460 e. The van der Waals surface area contributed by atoms with Crippen molar-refractivity contribution in [3.05, 3.63) is 41.4 Å². The van der Waals surface area contributed by atoms with Crippen LogP contribution in [0.4, 0.5) is 4.39 Å². The molecule has 1 aliphatic carbocycles. The quantitative estimate of drug-likeness (QED) is 0.654. The van der Waals surface area contributed by atoms with Gasteiger partial charge in [-0.1, -0.05) is 17.7 Å². The van der Waals surface area contributed by atoms with Crippen molar-refractivity contribution in [1.29, 1.82) is 0 Å². The average Bonchev–Trinajstić information content (AvgIpc) is 2.56. The highest BCUT2D eigenvalue weighted by atomic mass is 35.5. The summed E-state index contributed by atoms with van der Waals surface area (Å²) in [7, 11) is 0. The van der Waals surface area contributed by atoms with E-state index in [1.807, 2.05) is 6.08 Å². The van der Waals surface area contributed by atoms with Gasteiger partial charge in [-0.2, -0.15) is 0 Å². The summed E-state index contributed by atoms with van der Waals surface area (Å²) in [5.41, 5.74) is 1.51. The highest BCUT2D eigenvalue weighted by Gasteiger charge is 2.19. The summed E-state index contributed by atoms with van der Waals surface area (Å²) in [5.74, 6) is 0.580. The van der Waals surface area contributed by atoms with Crippen molar-refractivity contribution in [2.24, 2.45) is 0 Å². The van der Waals surface area contributed by atoms with Gasteiger partial charge < -0.3 is 4.42 Å². The smallest absolute Gasteiger partial charge is 0.137 e. The molecule has 1 nitrogen and oxygen atoms in total. The molecule has 0 saturated carbocycles. The van der Waals surface area contributed by atoms with Crippen LogP contribution in [0.25, 0.3) is 16.0 Å². The van der Waals surface area contributed by atoms with Gasteiger partial charge in [0.15, 0.2) is 0 Å².